The second-order valence-electron chi connectivity index (χ2n) is 12.1. The Hall–Kier alpha value is -4.20. The Morgan fingerprint density at radius 3 is 2.29 bits per heavy atom. The maximum absolute atomic E-state index is 12.6. The predicted molar refractivity (Wildman–Crippen MR) is 171 cm³/mol. The molecule has 8 nitrogen and oxygen atoms in total. The number of Topliss-reactive ketones (excluding diaryl/α,β-unsaturated/α-hetero) is 1. The van der Waals surface area contributed by atoms with Gasteiger partial charge in [0.25, 0.3) is 0 Å². The Morgan fingerprint density at radius 2 is 1.71 bits per heavy atom. The highest BCUT2D eigenvalue weighted by Gasteiger charge is 2.30. The van der Waals surface area contributed by atoms with Crippen molar-refractivity contribution in [2.45, 2.75) is 72.3 Å². The van der Waals surface area contributed by atoms with Crippen molar-refractivity contribution < 1.29 is 9.59 Å². The molecule has 222 valence electrons. The molecule has 1 amide bonds. The van der Waals surface area contributed by atoms with Crippen molar-refractivity contribution in [3.8, 4) is 11.3 Å². The third-order valence-electron chi connectivity index (χ3n) is 7.99. The van der Waals surface area contributed by atoms with E-state index >= 15 is 0 Å². The van der Waals surface area contributed by atoms with Crippen LogP contribution in [0.3, 0.4) is 0 Å². The summed E-state index contributed by atoms with van der Waals surface area (Å²) in [6, 6.07) is 17.8. The number of ketones is 1. The number of para-hydroxylation sites is 1. The Labute approximate surface area is 249 Å². The van der Waals surface area contributed by atoms with Gasteiger partial charge in [-0.3, -0.25) is 4.79 Å². The molecule has 5 rings (SSSR count). The number of nitrogens with one attached hydrogen (secondary N) is 2. The zero-order valence-electron chi connectivity index (χ0n) is 25.3. The van der Waals surface area contributed by atoms with E-state index in [2.05, 4.69) is 19.2 Å². The molecule has 1 atom stereocenters. The van der Waals surface area contributed by atoms with E-state index < -0.39 is 0 Å². The van der Waals surface area contributed by atoms with Gasteiger partial charge < -0.3 is 26.2 Å². The van der Waals surface area contributed by atoms with Gasteiger partial charge in [-0.25, -0.2) is 4.68 Å². The molecule has 2 aromatic carbocycles. The van der Waals surface area contributed by atoms with Crippen molar-refractivity contribution >= 4 is 34.6 Å². The van der Waals surface area contributed by atoms with Crippen molar-refractivity contribution in [1.29, 1.82) is 5.41 Å². The molecular weight excluding hydrogens is 524 g/mol. The van der Waals surface area contributed by atoms with Gasteiger partial charge in [0, 0.05) is 42.2 Å². The van der Waals surface area contributed by atoms with Crippen LogP contribution in [0.2, 0.25) is 0 Å². The normalized spacial score (nSPS) is 17.3. The quantitative estimate of drug-likeness (QED) is 0.187. The molecule has 0 bridgehead atoms. The number of carbonyl (C=O) groups excluding carboxylic acids is 2. The summed E-state index contributed by atoms with van der Waals surface area (Å²) in [7, 11) is 0. The zero-order chi connectivity index (χ0) is 30.3. The number of hydrogen-bond donors (Lipinski definition) is 3. The predicted octanol–water partition coefficient (Wildman–Crippen LogP) is 7.16. The number of rotatable bonds is 9. The first-order chi connectivity index (χ1) is 20.0. The number of benzene rings is 2. The van der Waals surface area contributed by atoms with Gasteiger partial charge in [-0.05, 0) is 75.3 Å². The fourth-order valence-corrected chi connectivity index (χ4v) is 5.30. The second kappa shape index (κ2) is 13.6. The van der Waals surface area contributed by atoms with E-state index in [4.69, 9.17) is 16.2 Å². The van der Waals surface area contributed by atoms with Gasteiger partial charge in [-0.2, -0.15) is 5.10 Å². The second-order valence-corrected chi connectivity index (χ2v) is 12.1. The molecule has 1 unspecified atom stereocenters. The third-order valence-corrected chi connectivity index (χ3v) is 7.99. The first kappa shape index (κ1) is 30.8. The molecule has 1 saturated heterocycles. The lowest BCUT2D eigenvalue weighted by Gasteiger charge is -2.33. The number of nitrogen functional groups attached to an aromatic ring is 1. The molecule has 1 saturated carbocycles. The van der Waals surface area contributed by atoms with E-state index in [0.717, 1.165) is 28.8 Å². The number of nitrogens with zero attached hydrogens (tertiary/aromatic N) is 3. The molecule has 2 fully saturated rings. The number of hydrogen-bond acceptors (Lipinski definition) is 6. The molecule has 0 radical (unpaired) electrons. The van der Waals surface area contributed by atoms with Crippen molar-refractivity contribution in [3.05, 3.63) is 72.3 Å². The summed E-state index contributed by atoms with van der Waals surface area (Å²) >= 11 is 0. The highest BCUT2D eigenvalue weighted by molar-refractivity contribution is 6.05. The summed E-state index contributed by atoms with van der Waals surface area (Å²) in [4.78, 5) is 25.4. The monoisotopic (exact) mass is 568 g/mol. The Kier molecular flexibility index (Phi) is 9.99. The maximum Gasteiger partial charge on any atom is 0.246 e. The van der Waals surface area contributed by atoms with Crippen LogP contribution in [-0.2, 0) is 9.59 Å². The van der Waals surface area contributed by atoms with E-state index in [9.17, 15) is 9.59 Å². The summed E-state index contributed by atoms with van der Waals surface area (Å²) < 4.78 is 1.77. The van der Waals surface area contributed by atoms with Crippen molar-refractivity contribution in [3.63, 3.8) is 0 Å². The number of carbonyl (C=O) groups is 2. The summed E-state index contributed by atoms with van der Waals surface area (Å²) in [6.07, 6.45) is 9.40. The number of amides is 1. The minimum Gasteiger partial charge on any atom is -0.383 e. The summed E-state index contributed by atoms with van der Waals surface area (Å²) in [5.41, 5.74) is 11.7. The fraction of sp³-hybridized carbons (Fsp3) is 0.412. The SMILES string of the molecule is CC(=N)c1c(-c2ccc(Nc3ccccc3)cc2)nn(C2CCN(C(=O)/C=C/CCC(C)=O)C2)c1N.CC1(C)CCC1. The number of anilines is 3. The standard InChI is InChI=1S/C28H32N6O2.C6H12/c1-19(35)8-6-7-11-25(36)33-17-16-24(18-33)34-28(30)26(20(2)29)27(32-34)21-12-14-23(15-13-21)31-22-9-4-3-5-10-22;1-6(2)4-3-5-6/h3-5,7,9-15,24,29,31H,6,8,16-18,30H2,1-2H3;3-5H2,1-2H3/b11-7+,29-20?;. The molecule has 2 aliphatic rings. The molecule has 42 heavy (non-hydrogen) atoms. The van der Waals surface area contributed by atoms with Gasteiger partial charge in [0.2, 0.25) is 5.91 Å². The first-order valence-corrected chi connectivity index (χ1v) is 14.8. The molecule has 1 aromatic heterocycles. The molecule has 1 aliphatic carbocycles. The minimum absolute atomic E-state index is 0.0644. The van der Waals surface area contributed by atoms with Gasteiger partial charge >= 0.3 is 0 Å². The maximum atomic E-state index is 12.6. The molecule has 8 heteroatoms. The average Bonchev–Trinajstić information content (AvgIpc) is 3.56. The van der Waals surface area contributed by atoms with Crippen LogP contribution in [0.1, 0.15) is 77.8 Å². The van der Waals surface area contributed by atoms with Crippen LogP contribution < -0.4 is 11.1 Å². The molecule has 3 aromatic rings. The largest absolute Gasteiger partial charge is 0.383 e. The third kappa shape index (κ3) is 7.96. The van der Waals surface area contributed by atoms with E-state index in [0.29, 0.717) is 48.7 Å². The lowest BCUT2D eigenvalue weighted by molar-refractivity contribution is -0.125. The van der Waals surface area contributed by atoms with E-state index in [1.807, 2.05) is 54.6 Å². The topological polar surface area (TPSA) is 117 Å². The molecule has 1 aliphatic heterocycles. The molecule has 4 N–H and O–H groups in total. The number of allylic oxidation sites excluding steroid dienone is 1. The molecule has 0 spiro atoms. The van der Waals surface area contributed by atoms with E-state index in [1.54, 1.807) is 35.6 Å². The highest BCUT2D eigenvalue weighted by Crippen LogP contribution is 2.39. The van der Waals surface area contributed by atoms with Crippen LogP contribution in [0.15, 0.2) is 66.7 Å². The Morgan fingerprint density at radius 1 is 1.07 bits per heavy atom. The fourth-order valence-electron chi connectivity index (χ4n) is 5.30. The van der Waals surface area contributed by atoms with Crippen molar-refractivity contribution in [2.24, 2.45) is 5.41 Å². The van der Waals surface area contributed by atoms with Crippen LogP contribution in [-0.4, -0.2) is 45.2 Å². The Bertz CT molecular complexity index is 1420. The zero-order valence-corrected chi connectivity index (χ0v) is 25.3. The van der Waals surface area contributed by atoms with Crippen LogP contribution in [0, 0.1) is 10.8 Å². The van der Waals surface area contributed by atoms with E-state index in [-0.39, 0.29) is 17.7 Å². The van der Waals surface area contributed by atoms with Gasteiger partial charge in [0.05, 0.1) is 11.6 Å². The smallest absolute Gasteiger partial charge is 0.246 e. The summed E-state index contributed by atoms with van der Waals surface area (Å²) in [5.74, 6) is 0.481. The van der Waals surface area contributed by atoms with Crippen LogP contribution in [0.4, 0.5) is 17.2 Å². The average molecular weight is 569 g/mol. The van der Waals surface area contributed by atoms with E-state index in [1.165, 1.54) is 19.3 Å². The number of aromatic nitrogens is 2. The highest BCUT2D eigenvalue weighted by atomic mass is 16.2. The lowest BCUT2D eigenvalue weighted by Crippen LogP contribution is -2.27. The first-order valence-electron chi connectivity index (χ1n) is 14.8. The van der Waals surface area contributed by atoms with Crippen molar-refractivity contribution in [1.82, 2.24) is 14.7 Å². The van der Waals surface area contributed by atoms with Crippen LogP contribution in [0.5, 0.6) is 0 Å². The summed E-state index contributed by atoms with van der Waals surface area (Å²) in [5, 5.41) is 16.5. The van der Waals surface area contributed by atoms with Crippen LogP contribution in [0.25, 0.3) is 11.3 Å². The van der Waals surface area contributed by atoms with Gasteiger partial charge in [-0.1, -0.05) is 56.7 Å². The summed E-state index contributed by atoms with van der Waals surface area (Å²) in [6.45, 7) is 9.02. The van der Waals surface area contributed by atoms with Gasteiger partial charge in [0.15, 0.2) is 0 Å². The number of likely N-dealkylation sites (tertiary alicyclic amines) is 1. The molecule has 2 heterocycles. The minimum atomic E-state index is -0.0723. The van der Waals surface area contributed by atoms with Gasteiger partial charge in [0.1, 0.15) is 17.3 Å². The van der Waals surface area contributed by atoms with Gasteiger partial charge in [-0.15, -0.1) is 0 Å². The Balaban J connectivity index is 0.000000600. The lowest BCUT2D eigenvalue weighted by atomic mass is 9.72. The van der Waals surface area contributed by atoms with Crippen LogP contribution >= 0.6 is 0 Å². The molecular formula is C34H44N6O2. The number of nitrogens with two attached hydrogens (primary N) is 1. The van der Waals surface area contributed by atoms with Crippen molar-refractivity contribution in [2.75, 3.05) is 24.1 Å².